The molecule has 1 rings (SSSR count). The molecule has 0 radical (unpaired) electrons. The summed E-state index contributed by atoms with van der Waals surface area (Å²) in [5.41, 5.74) is -0.0824. The highest BCUT2D eigenvalue weighted by atomic mass is 35.6. The Hall–Kier alpha value is 0.427. The highest BCUT2D eigenvalue weighted by molar-refractivity contribution is 7.12. The van der Waals surface area contributed by atoms with Gasteiger partial charge in [0.1, 0.15) is 0 Å². The van der Waals surface area contributed by atoms with E-state index >= 15 is 0 Å². The van der Waals surface area contributed by atoms with Crippen molar-refractivity contribution >= 4 is 18.9 Å². The molecule has 1 saturated heterocycles. The summed E-state index contributed by atoms with van der Waals surface area (Å²) in [6.07, 6.45) is 0.933. The van der Waals surface area contributed by atoms with E-state index in [1.807, 2.05) is 20.4 Å². The van der Waals surface area contributed by atoms with Gasteiger partial charge in [0.25, 0.3) is 0 Å². The van der Waals surface area contributed by atoms with E-state index in [1.165, 1.54) is 0 Å². The van der Waals surface area contributed by atoms with E-state index in [0.717, 1.165) is 13.0 Å². The Labute approximate surface area is 67.4 Å². The van der Waals surface area contributed by atoms with Crippen LogP contribution in [0.4, 0.5) is 0 Å². The highest BCUT2D eigenvalue weighted by Crippen LogP contribution is 2.29. The lowest BCUT2D eigenvalue weighted by Gasteiger charge is -2.37. The summed E-state index contributed by atoms with van der Waals surface area (Å²) < 4.78 is 10.8. The maximum atomic E-state index is 5.95. The molecule has 60 valence electrons. The van der Waals surface area contributed by atoms with Crippen LogP contribution in [0.3, 0.4) is 0 Å². The SMILES string of the molecule is CC1(C)CCO[Si](C)(Cl)O1. The van der Waals surface area contributed by atoms with E-state index in [4.69, 9.17) is 19.9 Å². The van der Waals surface area contributed by atoms with Gasteiger partial charge in [0.15, 0.2) is 0 Å². The molecule has 0 aliphatic carbocycles. The van der Waals surface area contributed by atoms with Gasteiger partial charge in [-0.05, 0) is 26.8 Å². The average molecular weight is 181 g/mol. The second kappa shape index (κ2) is 2.48. The molecule has 0 saturated carbocycles. The molecule has 1 unspecified atom stereocenters. The maximum absolute atomic E-state index is 5.95. The Balaban J connectivity index is 2.56. The second-order valence-electron chi connectivity index (χ2n) is 3.30. The largest absolute Gasteiger partial charge is 0.440 e. The zero-order valence-electron chi connectivity index (χ0n) is 6.61. The van der Waals surface area contributed by atoms with Gasteiger partial charge in [-0.25, -0.2) is 0 Å². The van der Waals surface area contributed by atoms with Crippen LogP contribution in [-0.2, 0) is 8.85 Å². The van der Waals surface area contributed by atoms with E-state index < -0.39 is 7.87 Å². The smallest absolute Gasteiger partial charge is 0.383 e. The van der Waals surface area contributed by atoms with Crippen molar-refractivity contribution in [2.24, 2.45) is 0 Å². The fourth-order valence-electron chi connectivity index (χ4n) is 1.05. The number of rotatable bonds is 0. The van der Waals surface area contributed by atoms with Crippen LogP contribution in [0.1, 0.15) is 20.3 Å². The summed E-state index contributed by atoms with van der Waals surface area (Å²) in [6.45, 7) is 6.68. The van der Waals surface area contributed by atoms with Gasteiger partial charge in [-0.15, -0.1) is 0 Å². The van der Waals surface area contributed by atoms with Crippen LogP contribution in [-0.4, -0.2) is 20.1 Å². The lowest BCUT2D eigenvalue weighted by molar-refractivity contribution is 0.00139. The summed E-state index contributed by atoms with van der Waals surface area (Å²) in [6, 6.07) is 0. The first-order chi connectivity index (χ1) is 4.41. The lowest BCUT2D eigenvalue weighted by atomic mass is 10.1. The summed E-state index contributed by atoms with van der Waals surface area (Å²) >= 11 is 5.95. The Morgan fingerprint density at radius 1 is 1.50 bits per heavy atom. The Morgan fingerprint density at radius 2 is 2.10 bits per heavy atom. The summed E-state index contributed by atoms with van der Waals surface area (Å²) in [4.78, 5) is 0. The lowest BCUT2D eigenvalue weighted by Crippen LogP contribution is -2.47. The first-order valence-corrected chi connectivity index (χ1v) is 6.77. The minimum atomic E-state index is -2.25. The molecule has 10 heavy (non-hydrogen) atoms. The van der Waals surface area contributed by atoms with Crippen LogP contribution in [0.2, 0.25) is 6.55 Å². The van der Waals surface area contributed by atoms with E-state index in [0.29, 0.717) is 0 Å². The van der Waals surface area contributed by atoms with Gasteiger partial charge >= 0.3 is 7.87 Å². The number of hydrogen-bond donors (Lipinski definition) is 0. The van der Waals surface area contributed by atoms with Gasteiger partial charge in [-0.1, -0.05) is 11.1 Å². The molecule has 1 heterocycles. The average Bonchev–Trinajstić information content (AvgIpc) is 1.56. The van der Waals surface area contributed by atoms with E-state index in [1.54, 1.807) is 0 Å². The van der Waals surface area contributed by atoms with Crippen LogP contribution >= 0.6 is 11.1 Å². The first-order valence-electron chi connectivity index (χ1n) is 3.44. The molecule has 1 atom stereocenters. The molecule has 0 amide bonds. The Kier molecular flexibility index (Phi) is 2.11. The van der Waals surface area contributed by atoms with Crippen molar-refractivity contribution in [3.05, 3.63) is 0 Å². The molecule has 1 fully saturated rings. The maximum Gasteiger partial charge on any atom is 0.440 e. The fourth-order valence-corrected chi connectivity index (χ4v) is 3.53. The van der Waals surface area contributed by atoms with Gasteiger partial charge < -0.3 is 8.85 Å². The van der Waals surface area contributed by atoms with Crippen molar-refractivity contribution in [3.63, 3.8) is 0 Å². The highest BCUT2D eigenvalue weighted by Gasteiger charge is 2.40. The Bertz CT molecular complexity index is 122. The minimum Gasteiger partial charge on any atom is -0.383 e. The molecular weight excluding hydrogens is 168 g/mol. The van der Waals surface area contributed by atoms with Crippen LogP contribution in [0, 0.1) is 0 Å². The Morgan fingerprint density at radius 3 is 2.40 bits per heavy atom. The molecule has 0 aromatic carbocycles. The predicted octanol–water partition coefficient (Wildman–Crippen LogP) is 2.01. The van der Waals surface area contributed by atoms with Crippen molar-refractivity contribution in [3.8, 4) is 0 Å². The van der Waals surface area contributed by atoms with Gasteiger partial charge in [-0.3, -0.25) is 0 Å². The van der Waals surface area contributed by atoms with Crippen molar-refractivity contribution in [1.82, 2.24) is 0 Å². The van der Waals surface area contributed by atoms with Crippen LogP contribution < -0.4 is 0 Å². The molecule has 0 aromatic rings. The monoisotopic (exact) mass is 180 g/mol. The van der Waals surface area contributed by atoms with Crippen molar-refractivity contribution < 1.29 is 8.85 Å². The molecule has 0 bridgehead atoms. The van der Waals surface area contributed by atoms with Gasteiger partial charge in [0.2, 0.25) is 0 Å². The van der Waals surface area contributed by atoms with Crippen LogP contribution in [0.15, 0.2) is 0 Å². The van der Waals surface area contributed by atoms with Crippen molar-refractivity contribution in [2.75, 3.05) is 6.61 Å². The van der Waals surface area contributed by atoms with Crippen molar-refractivity contribution in [1.29, 1.82) is 0 Å². The van der Waals surface area contributed by atoms with Gasteiger partial charge in [-0.2, -0.15) is 0 Å². The zero-order chi connectivity index (χ0) is 7.83. The molecule has 0 N–H and O–H groups in total. The van der Waals surface area contributed by atoms with Crippen LogP contribution in [0.5, 0.6) is 0 Å². The molecule has 4 heteroatoms. The quantitative estimate of drug-likeness (QED) is 0.420. The van der Waals surface area contributed by atoms with Crippen molar-refractivity contribution in [2.45, 2.75) is 32.4 Å². The normalized spacial score (nSPS) is 39.6. The fraction of sp³-hybridized carbons (Fsp3) is 1.00. The molecule has 0 spiro atoms. The standard InChI is InChI=1S/C6H13ClO2Si/c1-6(2)4-5-8-10(3,7)9-6/h4-5H2,1-3H3. The van der Waals surface area contributed by atoms with Gasteiger partial charge in [0, 0.05) is 6.61 Å². The topological polar surface area (TPSA) is 18.5 Å². The third-order valence-corrected chi connectivity index (χ3v) is 3.72. The molecular formula is C6H13ClO2Si. The summed E-state index contributed by atoms with van der Waals surface area (Å²) in [5, 5.41) is 0. The summed E-state index contributed by atoms with van der Waals surface area (Å²) in [7, 11) is -2.25. The first kappa shape index (κ1) is 8.52. The zero-order valence-corrected chi connectivity index (χ0v) is 8.36. The third-order valence-electron chi connectivity index (χ3n) is 1.52. The van der Waals surface area contributed by atoms with E-state index in [2.05, 4.69) is 0 Å². The second-order valence-corrected chi connectivity index (χ2v) is 7.52. The molecule has 1 aliphatic rings. The van der Waals surface area contributed by atoms with E-state index in [-0.39, 0.29) is 5.60 Å². The van der Waals surface area contributed by atoms with E-state index in [9.17, 15) is 0 Å². The predicted molar refractivity (Wildman–Crippen MR) is 43.2 cm³/mol. The minimum absolute atomic E-state index is 0.0824. The van der Waals surface area contributed by atoms with Gasteiger partial charge in [0.05, 0.1) is 5.60 Å². The molecule has 0 aromatic heterocycles. The number of halogens is 1. The molecule has 1 aliphatic heterocycles. The molecule has 2 nitrogen and oxygen atoms in total. The summed E-state index contributed by atoms with van der Waals surface area (Å²) in [5.74, 6) is 0. The van der Waals surface area contributed by atoms with Crippen LogP contribution in [0.25, 0.3) is 0 Å². The third kappa shape index (κ3) is 2.23. The number of hydrogen-bond acceptors (Lipinski definition) is 2.